The van der Waals surface area contributed by atoms with Gasteiger partial charge in [-0.25, -0.2) is 0 Å². The number of carbonyl (C=O) groups is 1. The van der Waals surface area contributed by atoms with Crippen LogP contribution < -0.4 is 16.4 Å². The first-order valence-corrected chi connectivity index (χ1v) is 7.41. The van der Waals surface area contributed by atoms with E-state index < -0.39 is 27.6 Å². The van der Waals surface area contributed by atoms with Crippen LogP contribution >= 0.6 is 17.0 Å². The molecular weight excluding hydrogens is 412 g/mol. The molecule has 1 aromatic heterocycles. The highest BCUT2D eigenvalue weighted by Crippen LogP contribution is 2.22. The van der Waals surface area contributed by atoms with Crippen molar-refractivity contribution in [2.45, 2.75) is 32.9 Å². The summed E-state index contributed by atoms with van der Waals surface area (Å²) in [6, 6.07) is 2.49. The predicted octanol–water partition coefficient (Wildman–Crippen LogP) is 1.13. The molecule has 0 saturated heterocycles. The average molecular weight is 431 g/mol. The maximum atomic E-state index is 11.6. The van der Waals surface area contributed by atoms with Crippen molar-refractivity contribution in [2.75, 3.05) is 6.61 Å². The minimum absolute atomic E-state index is 0. The third kappa shape index (κ3) is 5.23. The number of hydrogen-bond acceptors (Lipinski definition) is 7. The van der Waals surface area contributed by atoms with E-state index in [0.717, 1.165) is 0 Å². The Morgan fingerprint density at radius 3 is 2.46 bits per heavy atom. The summed E-state index contributed by atoms with van der Waals surface area (Å²) in [7, 11) is 0. The zero-order chi connectivity index (χ0) is 18.8. The summed E-state index contributed by atoms with van der Waals surface area (Å²) < 4.78 is 4.96. The number of esters is 1. The van der Waals surface area contributed by atoms with Gasteiger partial charge in [0.25, 0.3) is 5.69 Å². The van der Waals surface area contributed by atoms with E-state index in [9.17, 15) is 24.5 Å². The lowest BCUT2D eigenvalue weighted by atomic mass is 10.1. The number of aromatic nitrogens is 2. The molecule has 0 amide bonds. The van der Waals surface area contributed by atoms with Crippen LogP contribution in [0.5, 0.6) is 0 Å². The number of H-pyrrole nitrogens is 2. The molecule has 1 aromatic carbocycles. The Hall–Kier alpha value is -2.53. The number of non-ortho nitro benzene ring substituents is 1. The molecule has 10 nitrogen and oxygen atoms in total. The fraction of sp³-hybridized carbons (Fsp3) is 0.400. The van der Waals surface area contributed by atoms with Crippen LogP contribution in [0.15, 0.2) is 21.7 Å². The lowest BCUT2D eigenvalue weighted by Gasteiger charge is -2.25. The van der Waals surface area contributed by atoms with E-state index in [1.807, 2.05) is 0 Å². The second kappa shape index (κ2) is 8.23. The van der Waals surface area contributed by atoms with Gasteiger partial charge in [-0.1, -0.05) is 0 Å². The highest BCUT2D eigenvalue weighted by molar-refractivity contribution is 8.93. The molecule has 0 spiro atoms. The maximum Gasteiger partial charge on any atom is 0.314 e. The van der Waals surface area contributed by atoms with Gasteiger partial charge in [-0.05, 0) is 19.4 Å². The minimum atomic E-state index is -0.887. The van der Waals surface area contributed by atoms with Crippen LogP contribution in [-0.2, 0) is 16.1 Å². The van der Waals surface area contributed by atoms with Gasteiger partial charge in [-0.15, -0.1) is 17.0 Å². The topological polar surface area (TPSA) is 147 Å². The zero-order valence-corrected chi connectivity index (χ0v) is 16.1. The first kappa shape index (κ1) is 21.5. The molecule has 3 N–H and O–H groups in total. The smallest absolute Gasteiger partial charge is 0.314 e. The number of nitrogens with zero attached hydrogens (tertiary/aromatic N) is 1. The van der Waals surface area contributed by atoms with Crippen LogP contribution in [0.3, 0.4) is 0 Å². The zero-order valence-electron chi connectivity index (χ0n) is 14.4. The van der Waals surface area contributed by atoms with E-state index in [4.69, 9.17) is 4.74 Å². The van der Waals surface area contributed by atoms with Crippen molar-refractivity contribution in [1.29, 1.82) is 0 Å². The van der Waals surface area contributed by atoms with Crippen molar-refractivity contribution in [3.8, 4) is 0 Å². The number of carbonyl (C=O) groups excluding carboxylic acids is 1. The van der Waals surface area contributed by atoms with Crippen LogP contribution in [0.1, 0.15) is 26.3 Å². The molecule has 1 heterocycles. The van der Waals surface area contributed by atoms with Crippen LogP contribution in [0.25, 0.3) is 11.0 Å². The van der Waals surface area contributed by atoms with Crippen LogP contribution in [0.4, 0.5) is 5.69 Å². The monoisotopic (exact) mass is 430 g/mol. The third-order valence-corrected chi connectivity index (χ3v) is 3.50. The molecule has 0 aliphatic rings. The van der Waals surface area contributed by atoms with Gasteiger partial charge in [0.2, 0.25) is 0 Å². The van der Waals surface area contributed by atoms with Crippen molar-refractivity contribution in [1.82, 2.24) is 15.3 Å². The Morgan fingerprint density at radius 1 is 1.27 bits per heavy atom. The Labute approximate surface area is 157 Å². The summed E-state index contributed by atoms with van der Waals surface area (Å²) in [4.78, 5) is 49.2. The van der Waals surface area contributed by atoms with Gasteiger partial charge in [0.1, 0.15) is 6.61 Å². The average Bonchev–Trinajstić information content (AvgIpc) is 2.52. The van der Waals surface area contributed by atoms with Crippen LogP contribution in [0, 0.1) is 10.1 Å². The summed E-state index contributed by atoms with van der Waals surface area (Å²) in [5, 5.41) is 14.2. The van der Waals surface area contributed by atoms with E-state index in [2.05, 4.69) is 15.3 Å². The third-order valence-electron chi connectivity index (χ3n) is 3.50. The number of fused-ring (bicyclic) bond motifs is 1. The van der Waals surface area contributed by atoms with Gasteiger partial charge in [0, 0.05) is 31.1 Å². The van der Waals surface area contributed by atoms with Crippen LogP contribution in [0.2, 0.25) is 0 Å². The summed E-state index contributed by atoms with van der Waals surface area (Å²) in [6.45, 7) is 5.13. The standard InChI is InChI=1S/C15H18N4O6.BrH/c1-8(20)25-7-15(2,3)16-6-9-4-10(19(23)24)5-11-12(9)18-14(22)13(21)17-11;/h4-5,16H,6-7H2,1-3H3,(H,17,21)(H,18,22);1H. The molecule has 0 fully saturated rings. The quantitative estimate of drug-likeness (QED) is 0.269. The molecular formula is C15H19BrN4O6. The lowest BCUT2D eigenvalue weighted by Crippen LogP contribution is -2.43. The highest BCUT2D eigenvalue weighted by Gasteiger charge is 2.21. The second-order valence-corrected chi connectivity index (χ2v) is 6.21. The van der Waals surface area contributed by atoms with E-state index in [1.165, 1.54) is 19.1 Å². The normalized spacial score (nSPS) is 11.0. The van der Waals surface area contributed by atoms with Gasteiger partial charge in [0.15, 0.2) is 0 Å². The van der Waals surface area contributed by atoms with E-state index in [-0.39, 0.29) is 41.3 Å². The molecule has 26 heavy (non-hydrogen) atoms. The molecule has 0 atom stereocenters. The fourth-order valence-electron chi connectivity index (χ4n) is 2.19. The van der Waals surface area contributed by atoms with Gasteiger partial charge < -0.3 is 20.0 Å². The van der Waals surface area contributed by atoms with E-state index in [0.29, 0.717) is 11.1 Å². The summed E-state index contributed by atoms with van der Waals surface area (Å²) in [5.74, 6) is -0.419. The number of nitro benzene ring substituents is 1. The summed E-state index contributed by atoms with van der Waals surface area (Å²) >= 11 is 0. The molecule has 2 aromatic rings. The number of nitro groups is 1. The predicted molar refractivity (Wildman–Crippen MR) is 99.7 cm³/mol. The Balaban J connectivity index is 0.00000338. The van der Waals surface area contributed by atoms with Crippen molar-refractivity contribution in [3.05, 3.63) is 48.5 Å². The number of nitrogens with one attached hydrogen (secondary N) is 3. The molecule has 142 valence electrons. The van der Waals surface area contributed by atoms with Crippen molar-refractivity contribution in [2.24, 2.45) is 0 Å². The lowest BCUT2D eigenvalue weighted by molar-refractivity contribution is -0.384. The van der Waals surface area contributed by atoms with Gasteiger partial charge >= 0.3 is 17.1 Å². The largest absolute Gasteiger partial charge is 0.464 e. The van der Waals surface area contributed by atoms with Crippen molar-refractivity contribution in [3.63, 3.8) is 0 Å². The number of hydrogen-bond donors (Lipinski definition) is 3. The fourth-order valence-corrected chi connectivity index (χ4v) is 2.19. The van der Waals surface area contributed by atoms with Gasteiger partial charge in [-0.2, -0.15) is 0 Å². The molecule has 0 aliphatic carbocycles. The molecule has 0 bridgehead atoms. The number of halogens is 1. The van der Waals surface area contributed by atoms with Crippen molar-refractivity contribution < 1.29 is 14.5 Å². The van der Waals surface area contributed by atoms with Crippen molar-refractivity contribution >= 4 is 39.7 Å². The van der Waals surface area contributed by atoms with Gasteiger partial charge in [0.05, 0.1) is 16.0 Å². The number of rotatable bonds is 6. The minimum Gasteiger partial charge on any atom is -0.464 e. The first-order valence-electron chi connectivity index (χ1n) is 7.41. The maximum absolute atomic E-state index is 11.6. The van der Waals surface area contributed by atoms with E-state index >= 15 is 0 Å². The van der Waals surface area contributed by atoms with Gasteiger partial charge in [-0.3, -0.25) is 24.5 Å². The van der Waals surface area contributed by atoms with E-state index in [1.54, 1.807) is 13.8 Å². The summed E-state index contributed by atoms with van der Waals surface area (Å²) in [5.41, 5.74) is -1.67. The first-order chi connectivity index (χ1) is 11.6. The highest BCUT2D eigenvalue weighted by atomic mass is 79.9. The SMILES string of the molecule is Br.CC(=O)OCC(C)(C)NCc1cc([N+](=O)[O-])cc2[nH]c(=O)c(=O)[nH]c12. The second-order valence-electron chi connectivity index (χ2n) is 6.21. The number of ether oxygens (including phenoxy) is 1. The number of aromatic amines is 2. The Morgan fingerprint density at radius 2 is 1.88 bits per heavy atom. The molecule has 0 unspecified atom stereocenters. The molecule has 11 heteroatoms. The molecule has 0 aliphatic heterocycles. The molecule has 0 radical (unpaired) electrons. The Kier molecular flexibility index (Phi) is 6.81. The Bertz CT molecular complexity index is 949. The molecule has 2 rings (SSSR count). The molecule has 0 saturated carbocycles. The summed E-state index contributed by atoms with van der Waals surface area (Å²) in [6.07, 6.45) is 0. The number of benzene rings is 1. The van der Waals surface area contributed by atoms with Crippen LogP contribution in [-0.4, -0.2) is 33.0 Å².